The first-order valence-electron chi connectivity index (χ1n) is 14.6. The highest BCUT2D eigenvalue weighted by molar-refractivity contribution is 7.90. The maximum atomic E-state index is 13.8. The van der Waals surface area contributed by atoms with Crippen molar-refractivity contribution in [1.29, 1.82) is 0 Å². The Balaban J connectivity index is 1.38. The second kappa shape index (κ2) is 14.4. The number of benzene rings is 2. The van der Waals surface area contributed by atoms with Crippen molar-refractivity contribution in [2.45, 2.75) is 43.5 Å². The van der Waals surface area contributed by atoms with Crippen molar-refractivity contribution < 1.29 is 27.2 Å². The summed E-state index contributed by atoms with van der Waals surface area (Å²) in [6.07, 6.45) is 3.27. The molecule has 1 aliphatic rings. The molecule has 0 aliphatic carbocycles. The largest absolute Gasteiger partial charge is 0.434 e. The number of hydrogen-bond acceptors (Lipinski definition) is 9. The quantitative estimate of drug-likeness (QED) is 0.192. The normalized spacial score (nSPS) is 15.4. The van der Waals surface area contributed by atoms with E-state index < -0.39 is 51.0 Å². The molecular weight excluding hydrogens is 582 g/mol. The number of nitrogens with one attached hydrogen (secondary N) is 3. The van der Waals surface area contributed by atoms with E-state index in [1.54, 1.807) is 42.5 Å². The van der Waals surface area contributed by atoms with Gasteiger partial charge < -0.3 is 20.4 Å². The van der Waals surface area contributed by atoms with Gasteiger partial charge in [-0.2, -0.15) is 0 Å². The highest BCUT2D eigenvalue weighted by atomic mass is 32.2. The van der Waals surface area contributed by atoms with Gasteiger partial charge in [0.2, 0.25) is 17.6 Å². The molecule has 3 heterocycles. The maximum absolute atomic E-state index is 13.8. The van der Waals surface area contributed by atoms with Crippen LogP contribution in [0, 0.1) is 5.92 Å². The van der Waals surface area contributed by atoms with Gasteiger partial charge in [0, 0.05) is 12.1 Å². The van der Waals surface area contributed by atoms with Gasteiger partial charge in [-0.3, -0.25) is 19.4 Å². The average molecular weight is 618 g/mol. The third-order valence-electron chi connectivity index (χ3n) is 7.56. The number of aromatic nitrogens is 2. The Hall–Kier alpha value is -4.42. The van der Waals surface area contributed by atoms with Crippen LogP contribution in [0.25, 0.3) is 11.1 Å². The van der Waals surface area contributed by atoms with Gasteiger partial charge in [-0.1, -0.05) is 48.5 Å². The molecule has 0 spiro atoms. The number of rotatable bonds is 13. The Bertz CT molecular complexity index is 1650. The molecule has 4 aromatic rings. The zero-order valence-electron chi connectivity index (χ0n) is 24.1. The SMILES string of the molecule is O=C(NC(CS(=O)(=O)Cc1ccccn1)C(=O)N[C@@H](CCc1ccccc1)C(=O)c1nc2ccccc2o1)C1CCNCC1. The number of amides is 2. The number of para-hydroxylation sites is 2. The van der Waals surface area contributed by atoms with Gasteiger partial charge in [-0.05, 0) is 68.6 Å². The summed E-state index contributed by atoms with van der Waals surface area (Å²) in [7, 11) is -3.90. The lowest BCUT2D eigenvalue weighted by Gasteiger charge is -2.26. The van der Waals surface area contributed by atoms with E-state index in [-0.39, 0.29) is 18.2 Å². The third kappa shape index (κ3) is 8.35. The Labute approximate surface area is 255 Å². The topological polar surface area (TPSA) is 160 Å². The first-order chi connectivity index (χ1) is 21.3. The molecule has 12 heteroatoms. The molecule has 1 unspecified atom stereocenters. The van der Waals surface area contributed by atoms with Gasteiger partial charge >= 0.3 is 0 Å². The minimum absolute atomic E-state index is 0.164. The minimum Gasteiger partial charge on any atom is -0.434 e. The highest BCUT2D eigenvalue weighted by Gasteiger charge is 2.34. The van der Waals surface area contributed by atoms with E-state index in [0.717, 1.165) is 5.56 Å². The second-order valence-corrected chi connectivity index (χ2v) is 13.0. The van der Waals surface area contributed by atoms with Crippen LogP contribution >= 0.6 is 0 Å². The molecule has 2 atom stereocenters. The molecule has 5 rings (SSSR count). The summed E-state index contributed by atoms with van der Waals surface area (Å²) >= 11 is 0. The summed E-state index contributed by atoms with van der Waals surface area (Å²) in [6, 6.07) is 18.8. The van der Waals surface area contributed by atoms with E-state index in [1.807, 2.05) is 30.3 Å². The van der Waals surface area contributed by atoms with Gasteiger partial charge in [-0.25, -0.2) is 13.4 Å². The van der Waals surface area contributed by atoms with Crippen molar-refractivity contribution in [2.75, 3.05) is 18.8 Å². The zero-order valence-corrected chi connectivity index (χ0v) is 25.0. The van der Waals surface area contributed by atoms with E-state index in [4.69, 9.17) is 4.42 Å². The molecule has 0 saturated carbocycles. The van der Waals surface area contributed by atoms with Crippen molar-refractivity contribution >= 4 is 38.5 Å². The fourth-order valence-corrected chi connectivity index (χ4v) is 6.68. The minimum atomic E-state index is -3.90. The van der Waals surface area contributed by atoms with Crippen molar-refractivity contribution in [3.05, 3.63) is 96.1 Å². The van der Waals surface area contributed by atoms with E-state index in [0.29, 0.717) is 49.1 Å². The number of Topliss-reactive ketones (excluding diaryl/α,β-unsaturated/α-hetero) is 1. The van der Waals surface area contributed by atoms with E-state index in [1.165, 1.54) is 6.20 Å². The lowest BCUT2D eigenvalue weighted by molar-refractivity contribution is -0.131. The Morgan fingerprint density at radius 2 is 1.64 bits per heavy atom. The summed E-state index contributed by atoms with van der Waals surface area (Å²) in [5.41, 5.74) is 2.20. The number of oxazole rings is 1. The number of piperidine rings is 1. The van der Waals surface area contributed by atoms with E-state index >= 15 is 0 Å². The standard InChI is InChI=1S/C32H35N5O6S/c38-29(32-37-25-11-4-5-12-28(25)43-32)26(14-13-22-8-2-1-3-9-22)35-31(40)27(36-30(39)23-15-18-33-19-16-23)21-44(41,42)20-24-10-6-7-17-34-24/h1-12,17,23,26-27,33H,13-16,18-21H2,(H,35,40)(H,36,39)/t26-,27?/m0/s1. The van der Waals surface area contributed by atoms with Crippen LogP contribution in [0.5, 0.6) is 0 Å². The zero-order chi connectivity index (χ0) is 30.9. The van der Waals surface area contributed by atoms with Gasteiger partial charge in [0.25, 0.3) is 5.89 Å². The summed E-state index contributed by atoms with van der Waals surface area (Å²) in [4.78, 5) is 49.1. The van der Waals surface area contributed by atoms with Crippen molar-refractivity contribution in [3.63, 3.8) is 0 Å². The first kappa shape index (κ1) is 31.0. The second-order valence-electron chi connectivity index (χ2n) is 10.9. The molecule has 1 fully saturated rings. The van der Waals surface area contributed by atoms with Crippen molar-refractivity contribution in [2.24, 2.45) is 5.92 Å². The third-order valence-corrected chi connectivity index (χ3v) is 9.14. The number of pyridine rings is 1. The summed E-state index contributed by atoms with van der Waals surface area (Å²) in [5.74, 6) is -3.31. The molecule has 44 heavy (non-hydrogen) atoms. The van der Waals surface area contributed by atoms with Crippen LogP contribution in [0.15, 0.2) is 83.4 Å². The molecule has 3 N–H and O–H groups in total. The molecule has 11 nitrogen and oxygen atoms in total. The molecule has 1 aliphatic heterocycles. The molecule has 230 valence electrons. The summed E-state index contributed by atoms with van der Waals surface area (Å²) in [6.45, 7) is 1.29. The number of nitrogens with zero attached hydrogens (tertiary/aromatic N) is 2. The van der Waals surface area contributed by atoms with Crippen LogP contribution < -0.4 is 16.0 Å². The fraction of sp³-hybridized carbons (Fsp3) is 0.344. The van der Waals surface area contributed by atoms with Crippen molar-refractivity contribution in [1.82, 2.24) is 25.9 Å². The monoisotopic (exact) mass is 617 g/mol. The van der Waals surface area contributed by atoms with Crippen LogP contribution in [0.1, 0.15) is 41.2 Å². The van der Waals surface area contributed by atoms with Gasteiger partial charge in [0.05, 0.1) is 23.2 Å². The number of fused-ring (bicyclic) bond motifs is 1. The van der Waals surface area contributed by atoms with Crippen LogP contribution in [0.4, 0.5) is 0 Å². The Morgan fingerprint density at radius 1 is 0.909 bits per heavy atom. The van der Waals surface area contributed by atoms with E-state index in [9.17, 15) is 22.8 Å². The van der Waals surface area contributed by atoms with Gasteiger partial charge in [0.1, 0.15) is 11.6 Å². The Morgan fingerprint density at radius 3 is 2.36 bits per heavy atom. The molecule has 1 saturated heterocycles. The highest BCUT2D eigenvalue weighted by Crippen LogP contribution is 2.18. The molecule has 0 bridgehead atoms. The number of hydrogen-bond donors (Lipinski definition) is 3. The molecule has 2 aromatic carbocycles. The smallest absolute Gasteiger partial charge is 0.266 e. The fourth-order valence-electron chi connectivity index (χ4n) is 5.20. The summed E-state index contributed by atoms with van der Waals surface area (Å²) in [5, 5.41) is 8.60. The Kier molecular flexibility index (Phi) is 10.1. The number of ketones is 1. The summed E-state index contributed by atoms with van der Waals surface area (Å²) < 4.78 is 32.2. The number of sulfone groups is 1. The number of carbonyl (C=O) groups excluding carboxylic acids is 3. The molecule has 0 radical (unpaired) electrons. The molecular formula is C32H35N5O6S. The number of aryl methyl sites for hydroxylation is 1. The lowest BCUT2D eigenvalue weighted by Crippen LogP contribution is -2.55. The lowest BCUT2D eigenvalue weighted by atomic mass is 9.97. The first-order valence-corrected chi connectivity index (χ1v) is 16.4. The molecule has 2 aromatic heterocycles. The van der Waals surface area contributed by atoms with Gasteiger partial charge in [-0.15, -0.1) is 0 Å². The van der Waals surface area contributed by atoms with Gasteiger partial charge in [0.15, 0.2) is 15.4 Å². The van der Waals surface area contributed by atoms with Crippen LogP contribution in [0.3, 0.4) is 0 Å². The van der Waals surface area contributed by atoms with Crippen LogP contribution in [0.2, 0.25) is 0 Å². The maximum Gasteiger partial charge on any atom is 0.266 e. The number of carbonyl (C=O) groups is 3. The van der Waals surface area contributed by atoms with Crippen molar-refractivity contribution in [3.8, 4) is 0 Å². The predicted molar refractivity (Wildman–Crippen MR) is 164 cm³/mol. The average Bonchev–Trinajstić information content (AvgIpc) is 3.48. The van der Waals surface area contributed by atoms with Crippen LogP contribution in [-0.2, 0) is 31.6 Å². The molecule has 2 amide bonds. The van der Waals surface area contributed by atoms with E-state index in [2.05, 4.69) is 25.9 Å². The van der Waals surface area contributed by atoms with Crippen LogP contribution in [-0.4, -0.2) is 66.9 Å². The predicted octanol–water partition coefficient (Wildman–Crippen LogP) is 2.62.